The minimum absolute atomic E-state index is 0.111. The van der Waals surface area contributed by atoms with Crippen LogP contribution in [0.4, 0.5) is 0 Å². The Labute approximate surface area is 135 Å². The molecule has 3 aliphatic heterocycles. The first-order chi connectivity index (χ1) is 11.2. The molecule has 3 aliphatic rings. The average Bonchev–Trinajstić information content (AvgIpc) is 3.06. The van der Waals surface area contributed by atoms with E-state index < -0.39 is 5.72 Å². The smallest absolute Gasteiger partial charge is 0.227 e. The van der Waals surface area contributed by atoms with Crippen molar-refractivity contribution in [2.45, 2.75) is 43.9 Å². The molecule has 1 aromatic rings. The van der Waals surface area contributed by atoms with E-state index in [0.717, 1.165) is 24.9 Å². The minimum Gasteiger partial charge on any atom is -0.353 e. The largest absolute Gasteiger partial charge is 0.353 e. The lowest BCUT2D eigenvalue weighted by atomic mass is 10.0. The summed E-state index contributed by atoms with van der Waals surface area (Å²) in [7, 11) is 0. The van der Waals surface area contributed by atoms with Crippen LogP contribution < -0.4 is 0 Å². The zero-order valence-corrected chi connectivity index (χ0v) is 13.1. The number of amides is 2. The van der Waals surface area contributed by atoms with Crippen LogP contribution in [0.5, 0.6) is 0 Å². The number of rotatable bonds is 3. The molecule has 1 aromatic heterocycles. The Morgan fingerprint density at radius 1 is 1.35 bits per heavy atom. The van der Waals surface area contributed by atoms with E-state index in [4.69, 9.17) is 4.74 Å². The van der Waals surface area contributed by atoms with Crippen LogP contribution in [0.1, 0.15) is 31.2 Å². The second-order valence-electron chi connectivity index (χ2n) is 6.50. The van der Waals surface area contributed by atoms with Gasteiger partial charge in [-0.25, -0.2) is 0 Å². The Morgan fingerprint density at radius 3 is 3.00 bits per heavy atom. The molecule has 1 spiro atoms. The molecule has 0 bridgehead atoms. The fourth-order valence-electron chi connectivity index (χ4n) is 4.19. The van der Waals surface area contributed by atoms with Crippen LogP contribution in [-0.4, -0.2) is 58.1 Å². The summed E-state index contributed by atoms with van der Waals surface area (Å²) in [6.07, 6.45) is 6.69. The Morgan fingerprint density at radius 2 is 2.17 bits per heavy atom. The van der Waals surface area contributed by atoms with Crippen molar-refractivity contribution in [1.29, 1.82) is 0 Å². The quantitative estimate of drug-likeness (QED) is 0.833. The van der Waals surface area contributed by atoms with Crippen molar-refractivity contribution in [3.63, 3.8) is 0 Å². The molecule has 2 amide bonds. The molecule has 6 nitrogen and oxygen atoms in total. The fraction of sp³-hybridized carbons (Fsp3) is 0.588. The topological polar surface area (TPSA) is 62.7 Å². The van der Waals surface area contributed by atoms with Gasteiger partial charge < -0.3 is 14.5 Å². The van der Waals surface area contributed by atoms with Crippen LogP contribution in [0, 0.1) is 0 Å². The van der Waals surface area contributed by atoms with Crippen molar-refractivity contribution < 1.29 is 14.3 Å². The summed E-state index contributed by atoms with van der Waals surface area (Å²) in [5, 5.41) is 0. The second-order valence-corrected chi connectivity index (χ2v) is 6.50. The van der Waals surface area contributed by atoms with Crippen molar-refractivity contribution in [1.82, 2.24) is 14.8 Å². The van der Waals surface area contributed by atoms with Crippen molar-refractivity contribution >= 4 is 11.8 Å². The van der Waals surface area contributed by atoms with Gasteiger partial charge in [0.15, 0.2) is 5.72 Å². The zero-order chi connectivity index (χ0) is 15.9. The molecule has 0 radical (unpaired) electrons. The molecule has 4 rings (SSSR count). The number of hydrogen-bond donors (Lipinski definition) is 0. The van der Waals surface area contributed by atoms with Crippen molar-refractivity contribution in [3.8, 4) is 0 Å². The van der Waals surface area contributed by atoms with E-state index >= 15 is 0 Å². The molecule has 0 unspecified atom stereocenters. The minimum atomic E-state index is -0.540. The van der Waals surface area contributed by atoms with E-state index in [1.54, 1.807) is 12.4 Å². The first-order valence-corrected chi connectivity index (χ1v) is 8.33. The Hall–Kier alpha value is -1.95. The lowest BCUT2D eigenvalue weighted by Crippen LogP contribution is -2.56. The van der Waals surface area contributed by atoms with Crippen LogP contribution in [0.25, 0.3) is 0 Å². The van der Waals surface area contributed by atoms with E-state index in [1.807, 2.05) is 21.9 Å². The van der Waals surface area contributed by atoms with Crippen molar-refractivity contribution in [2.75, 3.05) is 19.7 Å². The van der Waals surface area contributed by atoms with Crippen LogP contribution >= 0.6 is 0 Å². The summed E-state index contributed by atoms with van der Waals surface area (Å²) in [5.74, 6) is 0.244. The van der Waals surface area contributed by atoms with E-state index in [9.17, 15) is 9.59 Å². The fourth-order valence-corrected chi connectivity index (χ4v) is 4.19. The number of ether oxygens (including phenoxy) is 1. The molecule has 0 saturated carbocycles. The molecule has 3 saturated heterocycles. The SMILES string of the molecule is O=C(CCc1ccncc1)N1CC[C@@]23OCCCN2C(=O)C[C@@H]13. The van der Waals surface area contributed by atoms with Gasteiger partial charge in [0.25, 0.3) is 0 Å². The summed E-state index contributed by atoms with van der Waals surface area (Å²) in [6, 6.07) is 3.76. The second kappa shape index (κ2) is 5.60. The van der Waals surface area contributed by atoms with Gasteiger partial charge in [-0.15, -0.1) is 0 Å². The van der Waals surface area contributed by atoms with Gasteiger partial charge in [-0.3, -0.25) is 14.6 Å². The van der Waals surface area contributed by atoms with Gasteiger partial charge in [0, 0.05) is 38.3 Å². The van der Waals surface area contributed by atoms with Gasteiger partial charge in [0.1, 0.15) is 0 Å². The summed E-state index contributed by atoms with van der Waals surface area (Å²) in [5.41, 5.74) is 0.571. The summed E-state index contributed by atoms with van der Waals surface area (Å²) >= 11 is 0. The van der Waals surface area contributed by atoms with E-state index in [1.165, 1.54) is 0 Å². The third-order valence-electron chi connectivity index (χ3n) is 5.31. The normalized spacial score (nSPS) is 29.6. The van der Waals surface area contributed by atoms with Crippen LogP contribution in [0.3, 0.4) is 0 Å². The highest BCUT2D eigenvalue weighted by atomic mass is 16.5. The third-order valence-corrected chi connectivity index (χ3v) is 5.31. The van der Waals surface area contributed by atoms with E-state index in [2.05, 4.69) is 4.98 Å². The lowest BCUT2D eigenvalue weighted by Gasteiger charge is -2.42. The lowest BCUT2D eigenvalue weighted by molar-refractivity contribution is -0.181. The molecular weight excluding hydrogens is 294 g/mol. The number of hydrogen-bond acceptors (Lipinski definition) is 4. The number of nitrogens with zero attached hydrogens (tertiary/aromatic N) is 3. The number of carbonyl (C=O) groups excluding carboxylic acids is 2. The van der Waals surface area contributed by atoms with Gasteiger partial charge in [0.05, 0.1) is 19.1 Å². The first-order valence-electron chi connectivity index (χ1n) is 8.33. The van der Waals surface area contributed by atoms with Crippen molar-refractivity contribution in [3.05, 3.63) is 30.1 Å². The molecule has 3 fully saturated rings. The molecule has 23 heavy (non-hydrogen) atoms. The Bertz CT molecular complexity index is 621. The summed E-state index contributed by atoms with van der Waals surface area (Å²) < 4.78 is 6.03. The van der Waals surface area contributed by atoms with Crippen LogP contribution in [0.15, 0.2) is 24.5 Å². The zero-order valence-electron chi connectivity index (χ0n) is 13.1. The van der Waals surface area contributed by atoms with Gasteiger partial charge in [0.2, 0.25) is 11.8 Å². The number of aryl methyl sites for hydroxylation is 1. The van der Waals surface area contributed by atoms with Crippen LogP contribution in [-0.2, 0) is 20.7 Å². The van der Waals surface area contributed by atoms with E-state index in [0.29, 0.717) is 32.4 Å². The third kappa shape index (κ3) is 2.32. The number of carbonyl (C=O) groups is 2. The molecule has 2 atom stereocenters. The molecule has 0 N–H and O–H groups in total. The molecule has 0 aromatic carbocycles. The van der Waals surface area contributed by atoms with Gasteiger partial charge in [-0.1, -0.05) is 0 Å². The molecule has 0 aliphatic carbocycles. The van der Waals surface area contributed by atoms with Gasteiger partial charge >= 0.3 is 0 Å². The monoisotopic (exact) mass is 315 g/mol. The van der Waals surface area contributed by atoms with Crippen LogP contribution in [0.2, 0.25) is 0 Å². The summed E-state index contributed by atoms with van der Waals surface area (Å²) in [4.78, 5) is 32.7. The van der Waals surface area contributed by atoms with Gasteiger partial charge in [-0.05, 0) is 30.5 Å². The number of likely N-dealkylation sites (tertiary alicyclic amines) is 1. The first kappa shape index (κ1) is 14.6. The maximum absolute atomic E-state index is 12.7. The maximum atomic E-state index is 12.7. The number of pyridine rings is 1. The highest BCUT2D eigenvalue weighted by Crippen LogP contribution is 2.45. The molecule has 4 heterocycles. The average molecular weight is 315 g/mol. The molecule has 6 heteroatoms. The maximum Gasteiger partial charge on any atom is 0.227 e. The molecule has 122 valence electrons. The van der Waals surface area contributed by atoms with E-state index in [-0.39, 0.29) is 17.9 Å². The highest BCUT2D eigenvalue weighted by molar-refractivity contribution is 5.84. The standard InChI is InChI=1S/C17H21N3O3/c21-15(3-2-13-4-7-18-8-5-13)19-10-6-17-14(19)12-16(22)20(17)9-1-11-23-17/h4-5,7-8,14H,1-3,6,9-12H2/t14-,17+/m1/s1. The predicted molar refractivity (Wildman–Crippen MR) is 82.3 cm³/mol. The highest BCUT2D eigenvalue weighted by Gasteiger charge is 2.61. The van der Waals surface area contributed by atoms with Crippen molar-refractivity contribution in [2.24, 2.45) is 0 Å². The Kier molecular flexibility index (Phi) is 3.56. The van der Waals surface area contributed by atoms with Gasteiger partial charge in [-0.2, -0.15) is 0 Å². The molecular formula is C17H21N3O3. The predicted octanol–water partition coefficient (Wildman–Crippen LogP) is 0.964. The summed E-state index contributed by atoms with van der Waals surface area (Å²) in [6.45, 7) is 2.12. The Balaban J connectivity index is 1.46. The number of aromatic nitrogens is 1.